The Morgan fingerprint density at radius 2 is 1.81 bits per heavy atom. The second kappa shape index (κ2) is 11.1. The van der Waals surface area contributed by atoms with Gasteiger partial charge >= 0.3 is 0 Å². The highest BCUT2D eigenvalue weighted by Gasteiger charge is 2.05. The Bertz CT molecular complexity index is 1140. The summed E-state index contributed by atoms with van der Waals surface area (Å²) in [6.45, 7) is 0.698. The fourth-order valence-corrected chi connectivity index (χ4v) is 3.83. The maximum Gasteiger partial charge on any atom is 0.203 e. The average Bonchev–Trinajstić information content (AvgIpc) is 3.32. The van der Waals surface area contributed by atoms with Crippen LogP contribution in [-0.4, -0.2) is 24.9 Å². The molecule has 5 nitrogen and oxygen atoms in total. The van der Waals surface area contributed by atoms with E-state index in [9.17, 15) is 0 Å². The molecule has 0 aliphatic heterocycles. The van der Waals surface area contributed by atoms with Crippen LogP contribution in [0, 0.1) is 0 Å². The zero-order valence-corrected chi connectivity index (χ0v) is 18.7. The third-order valence-corrected chi connectivity index (χ3v) is 5.59. The van der Waals surface area contributed by atoms with Crippen LogP contribution in [0.25, 0.3) is 11.3 Å². The van der Waals surface area contributed by atoms with E-state index in [2.05, 4.69) is 39.8 Å². The van der Waals surface area contributed by atoms with Crippen LogP contribution in [0.2, 0.25) is 0 Å². The summed E-state index contributed by atoms with van der Waals surface area (Å²) in [4.78, 5) is 4.58. The van der Waals surface area contributed by atoms with Crippen molar-refractivity contribution in [3.8, 4) is 22.8 Å². The van der Waals surface area contributed by atoms with Crippen molar-refractivity contribution in [1.29, 1.82) is 0 Å². The van der Waals surface area contributed by atoms with Crippen LogP contribution in [0.3, 0.4) is 0 Å². The van der Waals surface area contributed by atoms with Gasteiger partial charge in [0.25, 0.3) is 0 Å². The highest BCUT2D eigenvalue weighted by Crippen LogP contribution is 2.27. The molecule has 162 valence electrons. The lowest BCUT2D eigenvalue weighted by atomic mass is 10.1. The fourth-order valence-electron chi connectivity index (χ4n) is 3.16. The van der Waals surface area contributed by atoms with E-state index in [0.717, 1.165) is 46.3 Å². The largest absolute Gasteiger partial charge is 0.497 e. The Morgan fingerprint density at radius 3 is 2.62 bits per heavy atom. The first kappa shape index (κ1) is 21.6. The van der Waals surface area contributed by atoms with Crippen molar-refractivity contribution in [3.05, 3.63) is 95.4 Å². The number of aromatic nitrogens is 1. The predicted octanol–water partition coefficient (Wildman–Crippen LogP) is 6.28. The number of hydrogen-bond acceptors (Lipinski definition) is 6. The molecule has 0 saturated heterocycles. The van der Waals surface area contributed by atoms with E-state index in [1.54, 1.807) is 13.3 Å². The molecule has 0 saturated carbocycles. The molecule has 0 amide bonds. The summed E-state index contributed by atoms with van der Waals surface area (Å²) in [6.07, 6.45) is 3.78. The number of methoxy groups -OCH3 is 1. The monoisotopic (exact) mass is 443 g/mol. The average molecular weight is 444 g/mol. The molecule has 4 aromatic rings. The molecule has 0 spiro atoms. The van der Waals surface area contributed by atoms with Crippen LogP contribution in [-0.2, 0) is 6.42 Å². The Labute approximate surface area is 192 Å². The molecule has 0 fully saturated rings. The molecule has 6 heteroatoms. The fraction of sp³-hybridized carbons (Fsp3) is 0.154. The number of ether oxygens (including phenoxy) is 2. The molecule has 1 N–H and O–H groups in total. The molecule has 3 aromatic carbocycles. The molecule has 0 aliphatic rings. The molecule has 0 bridgehead atoms. The number of anilines is 1. The first-order valence-corrected chi connectivity index (χ1v) is 11.3. The number of aryl methyl sites for hydroxylation is 1. The first-order valence-electron chi connectivity index (χ1n) is 10.5. The summed E-state index contributed by atoms with van der Waals surface area (Å²) in [6, 6.07) is 26.2. The minimum Gasteiger partial charge on any atom is -0.497 e. The number of hydrogen-bond donors (Lipinski definition) is 1. The number of nitrogens with zero attached hydrogens (tertiary/aromatic N) is 2. The lowest BCUT2D eigenvalue weighted by Crippen LogP contribution is -1.99. The Kier molecular flexibility index (Phi) is 7.50. The highest BCUT2D eigenvalue weighted by molar-refractivity contribution is 7.14. The Hall–Kier alpha value is -3.64. The van der Waals surface area contributed by atoms with Gasteiger partial charge in [0, 0.05) is 10.9 Å². The third kappa shape index (κ3) is 6.18. The van der Waals surface area contributed by atoms with Crippen LogP contribution >= 0.6 is 11.3 Å². The molecule has 0 unspecified atom stereocenters. The van der Waals surface area contributed by atoms with Gasteiger partial charge in [-0.05, 0) is 60.4 Å². The van der Waals surface area contributed by atoms with Gasteiger partial charge in [0.15, 0.2) is 0 Å². The molecule has 1 heterocycles. The van der Waals surface area contributed by atoms with Crippen LogP contribution in [0.1, 0.15) is 17.5 Å². The van der Waals surface area contributed by atoms with Crippen molar-refractivity contribution in [2.75, 3.05) is 19.1 Å². The van der Waals surface area contributed by atoms with E-state index in [1.807, 2.05) is 60.0 Å². The van der Waals surface area contributed by atoms with Gasteiger partial charge in [-0.25, -0.2) is 4.98 Å². The minimum absolute atomic E-state index is 0.698. The van der Waals surface area contributed by atoms with E-state index >= 15 is 0 Å². The van der Waals surface area contributed by atoms with Crippen LogP contribution in [0.4, 0.5) is 5.13 Å². The SMILES string of the molecule is COc1cccc(-c2csc(N/N=C\c3ccc(OCCCc4ccccc4)cc3)n2)c1. The highest BCUT2D eigenvalue weighted by atomic mass is 32.1. The summed E-state index contributed by atoms with van der Waals surface area (Å²) >= 11 is 1.51. The van der Waals surface area contributed by atoms with E-state index in [-0.39, 0.29) is 0 Å². The Balaban J connectivity index is 1.24. The van der Waals surface area contributed by atoms with Gasteiger partial charge in [0.2, 0.25) is 5.13 Å². The molecule has 0 aliphatic carbocycles. The Morgan fingerprint density at radius 1 is 0.969 bits per heavy atom. The van der Waals surface area contributed by atoms with Crippen LogP contribution in [0.15, 0.2) is 89.3 Å². The lowest BCUT2D eigenvalue weighted by molar-refractivity contribution is 0.311. The van der Waals surface area contributed by atoms with Gasteiger partial charge in [0.05, 0.1) is 25.6 Å². The van der Waals surface area contributed by atoms with Gasteiger partial charge in [-0.2, -0.15) is 5.10 Å². The number of nitrogens with one attached hydrogen (secondary N) is 1. The summed E-state index contributed by atoms with van der Waals surface area (Å²) in [7, 11) is 1.66. The van der Waals surface area contributed by atoms with Crippen molar-refractivity contribution in [3.63, 3.8) is 0 Å². The molecule has 4 rings (SSSR count). The van der Waals surface area contributed by atoms with Crippen molar-refractivity contribution in [2.24, 2.45) is 5.10 Å². The summed E-state index contributed by atoms with van der Waals surface area (Å²) in [5.41, 5.74) is 7.22. The first-order chi connectivity index (χ1) is 15.8. The topological polar surface area (TPSA) is 55.7 Å². The van der Waals surface area contributed by atoms with E-state index in [1.165, 1.54) is 16.9 Å². The van der Waals surface area contributed by atoms with Gasteiger partial charge in [0.1, 0.15) is 11.5 Å². The predicted molar refractivity (Wildman–Crippen MR) is 132 cm³/mol. The van der Waals surface area contributed by atoms with Crippen molar-refractivity contribution >= 4 is 22.7 Å². The van der Waals surface area contributed by atoms with Crippen molar-refractivity contribution < 1.29 is 9.47 Å². The smallest absolute Gasteiger partial charge is 0.203 e. The van der Waals surface area contributed by atoms with Crippen molar-refractivity contribution in [1.82, 2.24) is 4.98 Å². The maximum atomic E-state index is 5.84. The summed E-state index contributed by atoms with van der Waals surface area (Å²) < 4.78 is 11.1. The van der Waals surface area contributed by atoms with E-state index in [4.69, 9.17) is 9.47 Å². The normalized spacial score (nSPS) is 10.9. The van der Waals surface area contributed by atoms with E-state index < -0.39 is 0 Å². The lowest BCUT2D eigenvalue weighted by Gasteiger charge is -2.06. The van der Waals surface area contributed by atoms with Crippen LogP contribution in [0.5, 0.6) is 11.5 Å². The maximum absolute atomic E-state index is 5.84. The third-order valence-electron chi connectivity index (χ3n) is 4.84. The van der Waals surface area contributed by atoms with Gasteiger partial charge in [-0.1, -0.05) is 42.5 Å². The van der Waals surface area contributed by atoms with Crippen molar-refractivity contribution in [2.45, 2.75) is 12.8 Å². The quantitative estimate of drug-likeness (QED) is 0.178. The number of hydrazone groups is 1. The zero-order valence-electron chi connectivity index (χ0n) is 17.9. The minimum atomic E-state index is 0.698. The summed E-state index contributed by atoms with van der Waals surface area (Å²) in [5, 5.41) is 7.03. The molecular formula is C26H25N3O2S. The molecular weight excluding hydrogens is 418 g/mol. The van der Waals surface area contributed by atoms with Gasteiger partial charge in [-0.15, -0.1) is 11.3 Å². The summed E-state index contributed by atoms with van der Waals surface area (Å²) in [5.74, 6) is 1.68. The standard InChI is InChI=1S/C26H25N3O2S/c1-30-24-11-5-10-22(17-24)25-19-32-26(28-25)29-27-18-21-12-14-23(15-13-21)31-16-6-9-20-7-3-2-4-8-20/h2-5,7-8,10-15,17-19H,6,9,16H2,1H3,(H,28,29)/b27-18-. The number of rotatable bonds is 10. The molecule has 1 aromatic heterocycles. The molecule has 0 atom stereocenters. The second-order valence-electron chi connectivity index (χ2n) is 7.15. The number of thiazole rings is 1. The second-order valence-corrected chi connectivity index (χ2v) is 8.00. The van der Waals surface area contributed by atoms with E-state index in [0.29, 0.717) is 6.61 Å². The van der Waals surface area contributed by atoms with Crippen LogP contribution < -0.4 is 14.9 Å². The zero-order chi connectivity index (χ0) is 22.0. The van der Waals surface area contributed by atoms with Gasteiger partial charge in [-0.3, -0.25) is 5.43 Å². The molecule has 0 radical (unpaired) electrons. The number of benzene rings is 3. The van der Waals surface area contributed by atoms with Gasteiger partial charge < -0.3 is 9.47 Å². The molecule has 32 heavy (non-hydrogen) atoms.